The van der Waals surface area contributed by atoms with Gasteiger partial charge in [0.25, 0.3) is 0 Å². The second-order valence-electron chi connectivity index (χ2n) is 11.3. The van der Waals surface area contributed by atoms with Crippen molar-refractivity contribution in [3.05, 3.63) is 52.2 Å². The molecule has 5 rings (SSSR count). The molecule has 2 aliphatic heterocycles. The Morgan fingerprint density at radius 1 is 1.23 bits per heavy atom. The summed E-state index contributed by atoms with van der Waals surface area (Å²) in [6.45, 7) is 3.05. The van der Waals surface area contributed by atoms with Crippen LogP contribution in [0.15, 0.2) is 18.2 Å². The molecular weight excluding hydrogens is 502 g/mol. The molecule has 0 amide bonds. The van der Waals surface area contributed by atoms with Crippen LogP contribution in [-0.2, 0) is 17.6 Å². The van der Waals surface area contributed by atoms with Crippen molar-refractivity contribution in [2.45, 2.75) is 75.8 Å². The molecule has 9 heteroatoms. The molecule has 0 bridgehead atoms. The summed E-state index contributed by atoms with van der Waals surface area (Å²) in [7, 11) is 3.35. The predicted octanol–water partition coefficient (Wildman–Crippen LogP) is 5.15. The zero-order valence-corrected chi connectivity index (χ0v) is 23.0. The van der Waals surface area contributed by atoms with E-state index < -0.39 is 23.6 Å². The summed E-state index contributed by atoms with van der Waals surface area (Å²) in [6.07, 6.45) is 8.87. The molecule has 0 radical (unpaired) electrons. The number of ether oxygens (including phenoxy) is 1. The van der Waals surface area contributed by atoms with Gasteiger partial charge in [0.15, 0.2) is 11.6 Å². The molecule has 3 heterocycles. The average Bonchev–Trinajstić information content (AvgIpc) is 3.66. The van der Waals surface area contributed by atoms with Gasteiger partial charge in [-0.2, -0.15) is 4.39 Å². The molecule has 0 spiro atoms. The van der Waals surface area contributed by atoms with E-state index in [0.29, 0.717) is 13.1 Å². The number of aryl methyl sites for hydroxylation is 2. The molecule has 3 aliphatic rings. The van der Waals surface area contributed by atoms with Crippen LogP contribution in [0.2, 0.25) is 0 Å². The number of likely N-dealkylation sites (tertiary alicyclic amines) is 1. The maximum Gasteiger partial charge on any atom is 0.325 e. The summed E-state index contributed by atoms with van der Waals surface area (Å²) < 4.78 is 34.7. The number of anilines is 1. The van der Waals surface area contributed by atoms with Crippen LogP contribution < -0.4 is 10.1 Å². The van der Waals surface area contributed by atoms with Gasteiger partial charge in [0.1, 0.15) is 11.9 Å². The number of hydrogen-bond acceptors (Lipinski definition) is 6. The molecule has 2 fully saturated rings. The van der Waals surface area contributed by atoms with E-state index in [1.165, 1.54) is 18.7 Å². The van der Waals surface area contributed by atoms with E-state index in [2.05, 4.69) is 29.4 Å². The topological polar surface area (TPSA) is 77.9 Å². The second kappa shape index (κ2) is 12.2. The molecule has 2 atom stereocenters. The van der Waals surface area contributed by atoms with E-state index >= 15 is 0 Å². The summed E-state index contributed by atoms with van der Waals surface area (Å²) in [5.41, 5.74) is 2.93. The number of aromatic nitrogens is 1. The fraction of sp³-hybridized carbons (Fsp3) is 0.600. The summed E-state index contributed by atoms with van der Waals surface area (Å²) in [5, 5.41) is 13.6. The van der Waals surface area contributed by atoms with E-state index in [1.54, 1.807) is 0 Å². The van der Waals surface area contributed by atoms with Crippen LogP contribution in [0.25, 0.3) is 0 Å². The van der Waals surface area contributed by atoms with Crippen molar-refractivity contribution in [1.82, 2.24) is 14.8 Å². The van der Waals surface area contributed by atoms with Crippen LogP contribution in [0, 0.1) is 11.6 Å². The minimum absolute atomic E-state index is 0.0456. The largest absolute Gasteiger partial charge is 0.493 e. The first kappa shape index (κ1) is 27.8. The van der Waals surface area contributed by atoms with Crippen molar-refractivity contribution in [1.29, 1.82) is 0 Å². The molecule has 212 valence electrons. The maximum atomic E-state index is 14.9. The van der Waals surface area contributed by atoms with Crippen LogP contribution >= 0.6 is 0 Å². The Hall–Kier alpha value is -2.78. The van der Waals surface area contributed by atoms with Crippen LogP contribution in [0.4, 0.5) is 14.6 Å². The lowest BCUT2D eigenvalue weighted by molar-refractivity contribution is -0.143. The van der Waals surface area contributed by atoms with Crippen LogP contribution in [0.1, 0.15) is 79.3 Å². The molecule has 1 aliphatic carbocycles. The van der Waals surface area contributed by atoms with Crippen molar-refractivity contribution in [2.75, 3.05) is 45.7 Å². The number of likely N-dealkylation sites (N-methyl/N-ethyl adjacent to an activating group) is 1. The van der Waals surface area contributed by atoms with E-state index in [4.69, 9.17) is 9.72 Å². The number of unbranched alkanes of at least 4 members (excludes halogenated alkanes) is 2. The van der Waals surface area contributed by atoms with Gasteiger partial charge >= 0.3 is 5.97 Å². The summed E-state index contributed by atoms with van der Waals surface area (Å²) in [6, 6.07) is 5.01. The molecule has 7 nitrogen and oxygen atoms in total. The quantitative estimate of drug-likeness (QED) is 0.359. The van der Waals surface area contributed by atoms with E-state index in [9.17, 15) is 18.7 Å². The van der Waals surface area contributed by atoms with Gasteiger partial charge in [-0.15, -0.1) is 0 Å². The third kappa shape index (κ3) is 6.19. The second-order valence-corrected chi connectivity index (χ2v) is 11.3. The van der Waals surface area contributed by atoms with Crippen molar-refractivity contribution >= 4 is 11.8 Å². The normalized spacial score (nSPS) is 20.1. The first-order valence-corrected chi connectivity index (χ1v) is 14.3. The molecule has 2 N–H and O–H groups in total. The Morgan fingerprint density at radius 2 is 2.05 bits per heavy atom. The standard InChI is InChI=1S/C30H40F2N4O3/c1-35(15-5-3-4-8-21-12-11-20-7-6-14-33-29(20)34-21)22-13-16-36(18-22)27(30(37)38)24-17-23(19-9-10-19)25(31)26(32)28(24)39-2/h11-12,17,19,22,27H,3-10,13-16,18H2,1-2H3,(H,33,34)(H,37,38)/t22-,27+/m1/s1. The third-order valence-corrected chi connectivity index (χ3v) is 8.55. The van der Waals surface area contributed by atoms with E-state index in [1.807, 2.05) is 4.90 Å². The number of rotatable bonds is 12. The number of fused-ring (bicyclic) bond motifs is 1. The summed E-state index contributed by atoms with van der Waals surface area (Å²) >= 11 is 0. The number of carboxylic acids is 1. The Balaban J connectivity index is 1.14. The van der Waals surface area contributed by atoms with Gasteiger partial charge in [0, 0.05) is 36.9 Å². The lowest BCUT2D eigenvalue weighted by atomic mass is 9.98. The van der Waals surface area contributed by atoms with Gasteiger partial charge in [-0.05, 0) is 94.1 Å². The highest BCUT2D eigenvalue weighted by Crippen LogP contribution is 2.46. The van der Waals surface area contributed by atoms with Gasteiger partial charge in [-0.3, -0.25) is 9.69 Å². The van der Waals surface area contributed by atoms with Crippen molar-refractivity contribution in [2.24, 2.45) is 0 Å². The summed E-state index contributed by atoms with van der Waals surface area (Å²) in [4.78, 5) is 21.4. The fourth-order valence-corrected chi connectivity index (χ4v) is 6.13. The van der Waals surface area contributed by atoms with E-state index in [0.717, 1.165) is 82.4 Å². The number of methoxy groups -OCH3 is 1. The average molecular weight is 543 g/mol. The number of halogens is 2. The van der Waals surface area contributed by atoms with Gasteiger partial charge in [-0.1, -0.05) is 12.5 Å². The van der Waals surface area contributed by atoms with E-state index in [-0.39, 0.29) is 28.8 Å². The predicted molar refractivity (Wildman–Crippen MR) is 146 cm³/mol. The smallest absolute Gasteiger partial charge is 0.325 e. The zero-order chi connectivity index (χ0) is 27.5. The number of hydrogen-bond donors (Lipinski definition) is 2. The van der Waals surface area contributed by atoms with Gasteiger partial charge in [0.05, 0.1) is 7.11 Å². The van der Waals surface area contributed by atoms with Gasteiger partial charge in [0.2, 0.25) is 5.82 Å². The van der Waals surface area contributed by atoms with Gasteiger partial charge in [-0.25, -0.2) is 9.37 Å². The van der Waals surface area contributed by atoms with Crippen LogP contribution in [0.3, 0.4) is 0 Å². The van der Waals surface area contributed by atoms with Gasteiger partial charge < -0.3 is 20.1 Å². The van der Waals surface area contributed by atoms with Crippen molar-refractivity contribution in [3.8, 4) is 5.75 Å². The molecule has 2 aromatic rings. The summed E-state index contributed by atoms with van der Waals surface area (Å²) in [5.74, 6) is -2.37. The highest BCUT2D eigenvalue weighted by Gasteiger charge is 2.39. The highest BCUT2D eigenvalue weighted by atomic mass is 19.2. The number of carboxylic acid groups (broad SMARTS) is 1. The minimum atomic E-state index is -1.09. The number of nitrogens with zero attached hydrogens (tertiary/aromatic N) is 3. The zero-order valence-electron chi connectivity index (χ0n) is 23.0. The number of aliphatic carboxylic acids is 1. The lowest BCUT2D eigenvalue weighted by Crippen LogP contribution is -2.38. The number of carbonyl (C=O) groups is 1. The number of pyridine rings is 1. The van der Waals surface area contributed by atoms with Crippen molar-refractivity contribution < 1.29 is 23.4 Å². The lowest BCUT2D eigenvalue weighted by Gasteiger charge is -2.29. The Labute approximate surface area is 229 Å². The molecule has 1 aromatic heterocycles. The molecule has 1 saturated heterocycles. The molecular formula is C30H40F2N4O3. The third-order valence-electron chi connectivity index (χ3n) is 8.55. The number of benzene rings is 1. The Bertz CT molecular complexity index is 1190. The Kier molecular flexibility index (Phi) is 8.67. The first-order chi connectivity index (χ1) is 18.9. The Morgan fingerprint density at radius 3 is 2.79 bits per heavy atom. The molecule has 39 heavy (non-hydrogen) atoms. The molecule has 1 saturated carbocycles. The monoisotopic (exact) mass is 542 g/mol. The molecule has 0 unspecified atom stereocenters. The minimum Gasteiger partial charge on any atom is -0.493 e. The highest BCUT2D eigenvalue weighted by molar-refractivity contribution is 5.77. The molecule has 1 aromatic carbocycles. The van der Waals surface area contributed by atoms with Crippen molar-refractivity contribution in [3.63, 3.8) is 0 Å². The maximum absolute atomic E-state index is 14.9. The van der Waals surface area contributed by atoms with Crippen LogP contribution in [0.5, 0.6) is 5.75 Å². The fourth-order valence-electron chi connectivity index (χ4n) is 6.13. The SMILES string of the molecule is COc1c([C@@H](C(=O)O)N2CC[C@@H](N(C)CCCCCc3ccc4c(n3)NCCC4)C2)cc(C2CC2)c(F)c1F. The number of nitrogens with one attached hydrogen (secondary N) is 1. The van der Waals surface area contributed by atoms with Crippen LogP contribution in [-0.4, -0.2) is 72.2 Å². The first-order valence-electron chi connectivity index (χ1n) is 14.3.